The van der Waals surface area contributed by atoms with Gasteiger partial charge in [-0.15, -0.1) is 0 Å². The zero-order valence-corrected chi connectivity index (χ0v) is 17.2. The van der Waals surface area contributed by atoms with Crippen LogP contribution in [0.1, 0.15) is 18.4 Å². The van der Waals surface area contributed by atoms with E-state index in [2.05, 4.69) is 10.3 Å². The fraction of sp³-hybridized carbons (Fsp3) is 0.304. The Morgan fingerprint density at radius 1 is 1.19 bits per heavy atom. The molecule has 0 unspecified atom stereocenters. The van der Waals surface area contributed by atoms with Gasteiger partial charge in [-0.1, -0.05) is 36.4 Å². The summed E-state index contributed by atoms with van der Waals surface area (Å²) in [5.74, 6) is -1.43. The fourth-order valence-electron chi connectivity index (χ4n) is 3.29. The number of aromatic nitrogens is 1. The maximum absolute atomic E-state index is 14.0. The number of benzene rings is 2. The predicted octanol–water partition coefficient (Wildman–Crippen LogP) is 4.33. The van der Waals surface area contributed by atoms with Crippen molar-refractivity contribution in [3.05, 3.63) is 71.9 Å². The second-order valence-corrected chi connectivity index (χ2v) is 7.29. The highest BCUT2D eigenvalue weighted by Crippen LogP contribution is 2.18. The summed E-state index contributed by atoms with van der Waals surface area (Å²) in [6.07, 6.45) is 2.00. The van der Waals surface area contributed by atoms with Gasteiger partial charge in [-0.2, -0.15) is 0 Å². The first-order valence-corrected chi connectivity index (χ1v) is 10.0. The largest absolute Gasteiger partial charge is 0.448 e. The summed E-state index contributed by atoms with van der Waals surface area (Å²) in [6, 6.07) is 13.1. The van der Waals surface area contributed by atoms with Gasteiger partial charge in [-0.3, -0.25) is 10.2 Å². The smallest absolute Gasteiger partial charge is 0.412 e. The van der Waals surface area contributed by atoms with Gasteiger partial charge in [0.1, 0.15) is 12.4 Å². The third kappa shape index (κ3) is 6.19. The molecule has 0 saturated heterocycles. The van der Waals surface area contributed by atoms with Gasteiger partial charge in [-0.05, 0) is 37.4 Å². The highest BCUT2D eigenvalue weighted by molar-refractivity contribution is 5.89. The number of nitrogens with one attached hydrogen (secondary N) is 1. The van der Waals surface area contributed by atoms with Crippen LogP contribution in [0.5, 0.6) is 0 Å². The molecule has 6 nitrogen and oxygen atoms in total. The number of carbonyl (C=O) groups is 1. The average molecular weight is 429 g/mol. The van der Waals surface area contributed by atoms with E-state index in [-0.39, 0.29) is 31.4 Å². The number of ether oxygens (including phenoxy) is 1. The molecule has 0 fully saturated rings. The van der Waals surface area contributed by atoms with Crippen molar-refractivity contribution < 1.29 is 23.4 Å². The number of hydrogen-bond acceptors (Lipinski definition) is 5. The lowest BCUT2D eigenvalue weighted by Gasteiger charge is -2.28. The summed E-state index contributed by atoms with van der Waals surface area (Å²) in [5.41, 5.74) is 0.210. The predicted molar refractivity (Wildman–Crippen MR) is 115 cm³/mol. The lowest BCUT2D eigenvalue weighted by Crippen LogP contribution is -2.37. The molecule has 0 aliphatic carbocycles. The van der Waals surface area contributed by atoms with Crippen molar-refractivity contribution in [2.24, 2.45) is 0 Å². The molecule has 0 saturated carbocycles. The Morgan fingerprint density at radius 2 is 1.97 bits per heavy atom. The molecule has 3 aromatic rings. The summed E-state index contributed by atoms with van der Waals surface area (Å²) in [5, 5.41) is 13.7. The molecule has 2 aromatic carbocycles. The van der Waals surface area contributed by atoms with Crippen LogP contribution < -0.4 is 5.32 Å². The van der Waals surface area contributed by atoms with Gasteiger partial charge in [-0.25, -0.2) is 18.6 Å². The number of amides is 1. The van der Waals surface area contributed by atoms with Crippen LogP contribution in [0.3, 0.4) is 0 Å². The van der Waals surface area contributed by atoms with E-state index < -0.39 is 17.7 Å². The van der Waals surface area contributed by atoms with Crippen molar-refractivity contribution in [3.63, 3.8) is 0 Å². The first kappa shape index (κ1) is 22.6. The van der Waals surface area contributed by atoms with E-state index in [9.17, 15) is 13.6 Å². The highest BCUT2D eigenvalue weighted by atomic mass is 19.2. The summed E-state index contributed by atoms with van der Waals surface area (Å²) in [7, 11) is 1.73. The normalized spacial score (nSPS) is 12.2. The molecule has 2 N–H and O–H groups in total. The van der Waals surface area contributed by atoms with Crippen molar-refractivity contribution in [2.75, 3.05) is 25.6 Å². The highest BCUT2D eigenvalue weighted by Gasteiger charge is 2.19. The summed E-state index contributed by atoms with van der Waals surface area (Å²) >= 11 is 0. The maximum atomic E-state index is 14.0. The lowest BCUT2D eigenvalue weighted by molar-refractivity contribution is 0.0984. The summed E-state index contributed by atoms with van der Waals surface area (Å²) < 4.78 is 32.8. The third-order valence-electron chi connectivity index (χ3n) is 5.04. The van der Waals surface area contributed by atoms with Crippen LogP contribution in [-0.4, -0.2) is 47.4 Å². The van der Waals surface area contributed by atoms with Crippen LogP contribution in [0, 0.1) is 11.6 Å². The molecule has 164 valence electrons. The van der Waals surface area contributed by atoms with Crippen LogP contribution in [0.2, 0.25) is 0 Å². The van der Waals surface area contributed by atoms with Gasteiger partial charge in [0.2, 0.25) is 0 Å². The first-order chi connectivity index (χ1) is 15.0. The molecule has 31 heavy (non-hydrogen) atoms. The van der Waals surface area contributed by atoms with E-state index in [1.54, 1.807) is 24.2 Å². The second-order valence-electron chi connectivity index (χ2n) is 7.29. The molecule has 1 heterocycles. The second kappa shape index (κ2) is 10.8. The van der Waals surface area contributed by atoms with Crippen molar-refractivity contribution in [1.82, 2.24) is 9.88 Å². The molecule has 3 rings (SSSR count). The van der Waals surface area contributed by atoms with Gasteiger partial charge in [0, 0.05) is 36.3 Å². The zero-order valence-electron chi connectivity index (χ0n) is 17.2. The Hall–Kier alpha value is -3.10. The van der Waals surface area contributed by atoms with E-state index in [1.165, 1.54) is 12.1 Å². The molecule has 1 aromatic heterocycles. The monoisotopic (exact) mass is 429 g/mol. The van der Waals surface area contributed by atoms with Crippen molar-refractivity contribution in [1.29, 1.82) is 0 Å². The van der Waals surface area contributed by atoms with Crippen molar-refractivity contribution >= 4 is 22.7 Å². The molecular weight excluding hydrogens is 404 g/mol. The number of likely N-dealkylation sites (N-methyl/N-ethyl adjacent to an activating group) is 1. The van der Waals surface area contributed by atoms with Crippen LogP contribution in [-0.2, 0) is 11.3 Å². The van der Waals surface area contributed by atoms with Gasteiger partial charge in [0.25, 0.3) is 0 Å². The Morgan fingerprint density at radius 3 is 2.74 bits per heavy atom. The molecule has 0 radical (unpaired) electrons. The van der Waals surface area contributed by atoms with Gasteiger partial charge >= 0.3 is 6.09 Å². The minimum atomic E-state index is -0.906. The number of pyridine rings is 1. The quantitative estimate of drug-likeness (QED) is 0.530. The third-order valence-corrected chi connectivity index (χ3v) is 5.04. The van der Waals surface area contributed by atoms with Crippen LogP contribution in [0.4, 0.5) is 19.4 Å². The molecule has 8 heteroatoms. The number of carbonyl (C=O) groups excluding carboxylic acids is 1. The van der Waals surface area contributed by atoms with Gasteiger partial charge < -0.3 is 9.84 Å². The Balaban J connectivity index is 1.60. The summed E-state index contributed by atoms with van der Waals surface area (Å²) in [6.45, 7) is 0.135. The van der Waals surface area contributed by atoms with Crippen LogP contribution >= 0.6 is 0 Å². The molecule has 1 amide bonds. The SMILES string of the molecule is CN(Cc1cccc(F)c1F)[C@@H](CCCO)COC(=O)Nc1cc2ccccc2cn1. The van der Waals surface area contributed by atoms with Crippen molar-refractivity contribution in [2.45, 2.75) is 25.4 Å². The molecule has 0 aliphatic rings. The number of hydrogen-bond donors (Lipinski definition) is 2. The molecule has 0 bridgehead atoms. The molecule has 0 aliphatic heterocycles. The Labute approximate surface area is 179 Å². The lowest BCUT2D eigenvalue weighted by atomic mass is 10.1. The van der Waals surface area contributed by atoms with Crippen LogP contribution in [0.15, 0.2) is 54.7 Å². The van der Waals surface area contributed by atoms with E-state index in [1.807, 2.05) is 24.3 Å². The maximum Gasteiger partial charge on any atom is 0.412 e. The number of aliphatic hydroxyl groups excluding tert-OH is 1. The number of aliphatic hydroxyl groups is 1. The van der Waals surface area contributed by atoms with Crippen molar-refractivity contribution in [3.8, 4) is 0 Å². The molecule has 1 atom stereocenters. The van der Waals surface area contributed by atoms with E-state index in [4.69, 9.17) is 9.84 Å². The minimum Gasteiger partial charge on any atom is -0.448 e. The average Bonchev–Trinajstić information content (AvgIpc) is 2.77. The standard InChI is InChI=1S/C23H25F2N3O3/c1-28(14-18-8-4-10-20(24)22(18)25)19(9-5-11-29)15-31-23(30)27-21-12-16-6-2-3-7-17(16)13-26-21/h2-4,6-8,10,12-13,19,29H,5,9,11,14-15H2,1H3,(H,26,27,30)/t19-/m0/s1. The number of anilines is 1. The van der Waals surface area contributed by atoms with Crippen LogP contribution in [0.25, 0.3) is 10.8 Å². The topological polar surface area (TPSA) is 74.7 Å². The Bertz CT molecular complexity index is 1030. The van der Waals surface area contributed by atoms with E-state index >= 15 is 0 Å². The Kier molecular flexibility index (Phi) is 7.86. The molecular formula is C23H25F2N3O3. The minimum absolute atomic E-state index is 0.0207. The van der Waals surface area contributed by atoms with Gasteiger partial charge in [0.15, 0.2) is 11.6 Å². The summed E-state index contributed by atoms with van der Waals surface area (Å²) in [4.78, 5) is 18.2. The number of nitrogens with zero attached hydrogens (tertiary/aromatic N) is 2. The number of halogens is 2. The van der Waals surface area contributed by atoms with E-state index in [0.717, 1.165) is 16.8 Å². The fourth-order valence-corrected chi connectivity index (χ4v) is 3.29. The first-order valence-electron chi connectivity index (χ1n) is 10.0. The molecule has 0 spiro atoms. The van der Waals surface area contributed by atoms with Gasteiger partial charge in [0.05, 0.1) is 0 Å². The number of fused-ring (bicyclic) bond motifs is 1. The number of rotatable bonds is 9. The zero-order chi connectivity index (χ0) is 22.2. The van der Waals surface area contributed by atoms with E-state index in [0.29, 0.717) is 18.7 Å².